The third-order valence-corrected chi connectivity index (χ3v) is 5.61. The fourth-order valence-electron chi connectivity index (χ4n) is 4.20. The van der Waals surface area contributed by atoms with Crippen molar-refractivity contribution in [3.05, 3.63) is 64.2 Å². The Morgan fingerprint density at radius 1 is 1.09 bits per heavy atom. The molecule has 0 radical (unpaired) electrons. The van der Waals surface area contributed by atoms with Crippen molar-refractivity contribution in [2.75, 3.05) is 27.4 Å². The van der Waals surface area contributed by atoms with Crippen LogP contribution in [0.5, 0.6) is 11.5 Å². The normalized spacial score (nSPS) is 17.7. The summed E-state index contributed by atoms with van der Waals surface area (Å²) in [6, 6.07) is 10.0. The Morgan fingerprint density at radius 2 is 1.82 bits per heavy atom. The molecule has 0 aromatic heterocycles. The van der Waals surface area contributed by atoms with Crippen LogP contribution >= 0.6 is 0 Å². The Labute approximate surface area is 194 Å². The zero-order valence-electron chi connectivity index (χ0n) is 20.0. The maximum atomic E-state index is 13.2. The summed E-state index contributed by atoms with van der Waals surface area (Å²) >= 11 is 0. The second-order valence-corrected chi connectivity index (χ2v) is 8.35. The minimum absolute atomic E-state index is 0.0149. The second kappa shape index (κ2) is 10.1. The minimum Gasteiger partial charge on any atom is -0.507 e. The molecule has 7 heteroatoms. The van der Waals surface area contributed by atoms with E-state index in [2.05, 4.69) is 0 Å². The van der Waals surface area contributed by atoms with Gasteiger partial charge in [-0.05, 0) is 62.6 Å². The Hall–Kier alpha value is -3.32. The Bertz CT molecular complexity index is 1090. The molecule has 1 saturated heterocycles. The van der Waals surface area contributed by atoms with Gasteiger partial charge in [0.1, 0.15) is 17.3 Å². The highest BCUT2D eigenvalue weighted by Gasteiger charge is 2.46. The largest absolute Gasteiger partial charge is 0.507 e. The molecule has 1 heterocycles. The molecule has 176 valence electrons. The fourth-order valence-corrected chi connectivity index (χ4v) is 4.20. The molecule has 7 nitrogen and oxygen atoms in total. The van der Waals surface area contributed by atoms with E-state index in [1.807, 2.05) is 33.8 Å². The molecule has 1 atom stereocenters. The van der Waals surface area contributed by atoms with E-state index in [9.17, 15) is 14.7 Å². The van der Waals surface area contributed by atoms with Crippen molar-refractivity contribution in [2.45, 2.75) is 39.8 Å². The van der Waals surface area contributed by atoms with Crippen molar-refractivity contribution in [1.29, 1.82) is 0 Å². The van der Waals surface area contributed by atoms with Gasteiger partial charge in [0.15, 0.2) is 0 Å². The van der Waals surface area contributed by atoms with Crippen LogP contribution in [0.25, 0.3) is 5.76 Å². The number of aryl methyl sites for hydroxylation is 2. The van der Waals surface area contributed by atoms with E-state index >= 15 is 0 Å². The molecule has 2 aromatic rings. The number of likely N-dealkylation sites (tertiary alicyclic amines) is 1. The summed E-state index contributed by atoms with van der Waals surface area (Å²) in [7, 11) is 3.06. The van der Waals surface area contributed by atoms with Crippen LogP contribution in [0.2, 0.25) is 0 Å². The van der Waals surface area contributed by atoms with E-state index in [-0.39, 0.29) is 30.6 Å². The average Bonchev–Trinajstić information content (AvgIpc) is 3.03. The van der Waals surface area contributed by atoms with Crippen molar-refractivity contribution >= 4 is 17.4 Å². The number of nitrogens with zero attached hydrogens (tertiary/aromatic N) is 1. The number of ketones is 1. The first-order valence-corrected chi connectivity index (χ1v) is 10.9. The number of benzene rings is 2. The Balaban J connectivity index is 2.21. The summed E-state index contributed by atoms with van der Waals surface area (Å²) in [6.45, 7) is 8.03. The molecular formula is C26H31NO6. The lowest BCUT2D eigenvalue weighted by atomic mass is 9.93. The number of aliphatic hydroxyl groups is 1. The average molecular weight is 454 g/mol. The zero-order valence-corrected chi connectivity index (χ0v) is 20.0. The lowest BCUT2D eigenvalue weighted by molar-refractivity contribution is -0.140. The summed E-state index contributed by atoms with van der Waals surface area (Å²) in [6.07, 6.45) is -0.0170. The number of amides is 1. The van der Waals surface area contributed by atoms with Gasteiger partial charge in [0, 0.05) is 6.54 Å². The summed E-state index contributed by atoms with van der Waals surface area (Å²) in [4.78, 5) is 27.7. The molecule has 1 aliphatic heterocycles. The number of hydrogen-bond acceptors (Lipinski definition) is 6. The Kier molecular flexibility index (Phi) is 7.43. The van der Waals surface area contributed by atoms with Crippen LogP contribution < -0.4 is 9.47 Å². The number of aliphatic hydroxyl groups excluding tert-OH is 1. The highest BCUT2D eigenvalue weighted by atomic mass is 16.5. The fraction of sp³-hybridized carbons (Fsp3) is 0.385. The molecule has 1 N–H and O–H groups in total. The summed E-state index contributed by atoms with van der Waals surface area (Å²) < 4.78 is 16.5. The van der Waals surface area contributed by atoms with Gasteiger partial charge in [-0.15, -0.1) is 0 Å². The van der Waals surface area contributed by atoms with E-state index in [0.717, 1.165) is 11.1 Å². The number of carbonyl (C=O) groups excluding carboxylic acids is 2. The van der Waals surface area contributed by atoms with Crippen LogP contribution in [0, 0.1) is 13.8 Å². The number of carbonyl (C=O) groups is 2. The third-order valence-electron chi connectivity index (χ3n) is 5.61. The summed E-state index contributed by atoms with van der Waals surface area (Å²) in [5.41, 5.74) is 2.76. The predicted octanol–water partition coefficient (Wildman–Crippen LogP) is 4.17. The topological polar surface area (TPSA) is 85.3 Å². The van der Waals surface area contributed by atoms with E-state index in [1.165, 1.54) is 12.0 Å². The maximum absolute atomic E-state index is 13.2. The molecule has 1 amide bonds. The molecule has 1 unspecified atom stereocenters. The second-order valence-electron chi connectivity index (χ2n) is 8.35. The standard InChI is InChI=1S/C26H31NO6/c1-15(2)33-11-10-27-22(18-8-7-9-19(14-18)31-5)21(24(29)26(27)30)23(28)20-13-16(3)12-17(4)25(20)32-6/h7-9,12-15,22,28H,10-11H2,1-6H3/b23-21+. The van der Waals surface area contributed by atoms with Crippen LogP contribution in [0.4, 0.5) is 0 Å². The van der Waals surface area contributed by atoms with Crippen LogP contribution in [-0.2, 0) is 14.3 Å². The van der Waals surface area contributed by atoms with Crippen LogP contribution in [0.15, 0.2) is 42.0 Å². The lowest BCUT2D eigenvalue weighted by Crippen LogP contribution is -2.33. The highest BCUT2D eigenvalue weighted by molar-refractivity contribution is 6.46. The summed E-state index contributed by atoms with van der Waals surface area (Å²) in [5, 5.41) is 11.4. The van der Waals surface area contributed by atoms with Crippen molar-refractivity contribution < 1.29 is 28.9 Å². The first-order valence-electron chi connectivity index (χ1n) is 10.9. The van der Waals surface area contributed by atoms with Gasteiger partial charge in [0.2, 0.25) is 0 Å². The smallest absolute Gasteiger partial charge is 0.295 e. The minimum atomic E-state index is -0.790. The van der Waals surface area contributed by atoms with Gasteiger partial charge < -0.3 is 24.2 Å². The molecule has 1 aliphatic rings. The molecule has 1 fully saturated rings. The SMILES string of the molecule is COc1cccc(C2/C(=C(\O)c3cc(C)cc(C)c3OC)C(=O)C(=O)N2CCOC(C)C)c1. The predicted molar refractivity (Wildman–Crippen MR) is 126 cm³/mol. The van der Waals surface area contributed by atoms with Gasteiger partial charge >= 0.3 is 0 Å². The van der Waals surface area contributed by atoms with Gasteiger partial charge in [0.05, 0.1) is 44.1 Å². The number of rotatable bonds is 8. The molecule has 33 heavy (non-hydrogen) atoms. The highest BCUT2D eigenvalue weighted by Crippen LogP contribution is 2.42. The van der Waals surface area contributed by atoms with Gasteiger partial charge in [-0.2, -0.15) is 0 Å². The first kappa shape index (κ1) is 24.3. The Morgan fingerprint density at radius 3 is 2.45 bits per heavy atom. The van der Waals surface area contributed by atoms with E-state index < -0.39 is 17.7 Å². The molecule has 2 aromatic carbocycles. The number of methoxy groups -OCH3 is 2. The van der Waals surface area contributed by atoms with Crippen molar-refractivity contribution in [3.63, 3.8) is 0 Å². The zero-order chi connectivity index (χ0) is 24.3. The van der Waals surface area contributed by atoms with Crippen molar-refractivity contribution in [1.82, 2.24) is 4.90 Å². The molecule has 0 spiro atoms. The van der Waals surface area contributed by atoms with Gasteiger partial charge in [-0.3, -0.25) is 9.59 Å². The molecule has 0 saturated carbocycles. The number of Topliss-reactive ketones (excluding diaryl/α,β-unsaturated/α-hetero) is 1. The molecule has 0 bridgehead atoms. The van der Waals surface area contributed by atoms with Crippen LogP contribution in [0.3, 0.4) is 0 Å². The summed E-state index contributed by atoms with van der Waals surface area (Å²) in [5.74, 6) is -0.652. The van der Waals surface area contributed by atoms with Gasteiger partial charge in [0.25, 0.3) is 11.7 Å². The number of hydrogen-bond donors (Lipinski definition) is 1. The molecule has 3 rings (SSSR count). The van der Waals surface area contributed by atoms with Crippen molar-refractivity contribution in [2.24, 2.45) is 0 Å². The van der Waals surface area contributed by atoms with E-state index in [4.69, 9.17) is 14.2 Å². The monoisotopic (exact) mass is 453 g/mol. The van der Waals surface area contributed by atoms with Gasteiger partial charge in [-0.1, -0.05) is 18.2 Å². The van der Waals surface area contributed by atoms with Crippen LogP contribution in [-0.4, -0.2) is 55.2 Å². The molecular weight excluding hydrogens is 422 g/mol. The third kappa shape index (κ3) is 4.88. The quantitative estimate of drug-likeness (QED) is 0.367. The number of ether oxygens (including phenoxy) is 3. The van der Waals surface area contributed by atoms with Crippen LogP contribution in [0.1, 0.15) is 42.1 Å². The first-order chi connectivity index (χ1) is 15.7. The lowest BCUT2D eigenvalue weighted by Gasteiger charge is -2.26. The maximum Gasteiger partial charge on any atom is 0.295 e. The van der Waals surface area contributed by atoms with E-state index in [1.54, 1.807) is 37.4 Å². The van der Waals surface area contributed by atoms with E-state index in [0.29, 0.717) is 22.6 Å². The van der Waals surface area contributed by atoms with Gasteiger partial charge in [-0.25, -0.2) is 0 Å². The molecule has 0 aliphatic carbocycles. The van der Waals surface area contributed by atoms with Crippen molar-refractivity contribution in [3.8, 4) is 11.5 Å².